The predicted octanol–water partition coefficient (Wildman–Crippen LogP) is 4.65. The van der Waals surface area contributed by atoms with Gasteiger partial charge in [-0.2, -0.15) is 4.31 Å². The van der Waals surface area contributed by atoms with Crippen molar-refractivity contribution in [2.45, 2.75) is 48.8 Å². The largest absolute Gasteiger partial charge is 0.490 e. The number of hydrogen-bond donors (Lipinski definition) is 0. The average Bonchev–Trinajstić information content (AvgIpc) is 3.07. The number of fused-ring (bicyclic) bond motifs is 2. The summed E-state index contributed by atoms with van der Waals surface area (Å²) in [5, 5.41) is 0. The van der Waals surface area contributed by atoms with E-state index >= 15 is 0 Å². The van der Waals surface area contributed by atoms with Gasteiger partial charge in [0.15, 0.2) is 0 Å². The highest BCUT2D eigenvalue weighted by atomic mass is 32.2. The number of benzene rings is 2. The maximum absolute atomic E-state index is 13.4. The van der Waals surface area contributed by atoms with Gasteiger partial charge in [-0.05, 0) is 60.4 Å². The smallest absolute Gasteiger partial charge is 0.243 e. The van der Waals surface area contributed by atoms with Crippen LogP contribution >= 0.6 is 0 Å². The van der Waals surface area contributed by atoms with Gasteiger partial charge in [-0.3, -0.25) is 4.98 Å². The molecule has 160 valence electrons. The lowest BCUT2D eigenvalue weighted by molar-refractivity contribution is 0.0956. The Labute approximate surface area is 181 Å². The van der Waals surface area contributed by atoms with Gasteiger partial charge in [0.05, 0.1) is 4.90 Å². The molecule has 31 heavy (non-hydrogen) atoms. The Morgan fingerprint density at radius 3 is 1.97 bits per heavy atom. The molecule has 2 saturated heterocycles. The molecule has 2 aliphatic heterocycles. The summed E-state index contributed by atoms with van der Waals surface area (Å²) in [6.07, 6.45) is 6.48. The molecule has 3 aromatic rings. The fourth-order valence-electron chi connectivity index (χ4n) is 4.77. The lowest BCUT2D eigenvalue weighted by Crippen LogP contribution is -2.49. The van der Waals surface area contributed by atoms with Crippen molar-refractivity contribution in [1.82, 2.24) is 9.29 Å². The molecule has 1 aromatic heterocycles. The molecule has 2 aromatic carbocycles. The molecule has 0 aliphatic carbocycles. The van der Waals surface area contributed by atoms with E-state index in [1.807, 2.05) is 12.1 Å². The summed E-state index contributed by atoms with van der Waals surface area (Å²) in [6.45, 7) is 0. The molecule has 7 heteroatoms. The Balaban J connectivity index is 1.33. The minimum absolute atomic E-state index is 0.00667. The van der Waals surface area contributed by atoms with Crippen molar-refractivity contribution < 1.29 is 17.5 Å². The monoisotopic (exact) mass is 438 g/mol. The first kappa shape index (κ1) is 20.2. The Hall–Kier alpha value is -2.77. The quantitative estimate of drug-likeness (QED) is 0.582. The summed E-state index contributed by atoms with van der Waals surface area (Å²) in [4.78, 5) is 4.30. The minimum atomic E-state index is -3.59. The van der Waals surface area contributed by atoms with Crippen molar-refractivity contribution in [3.8, 4) is 16.9 Å². The Morgan fingerprint density at radius 1 is 0.839 bits per heavy atom. The highest BCUT2D eigenvalue weighted by Gasteiger charge is 2.47. The minimum Gasteiger partial charge on any atom is -0.490 e. The first-order chi connectivity index (χ1) is 15.0. The lowest BCUT2D eigenvalue weighted by atomic mass is 10.0. The summed E-state index contributed by atoms with van der Waals surface area (Å²) in [5.74, 6) is 0.474. The van der Waals surface area contributed by atoms with Gasteiger partial charge in [-0.15, -0.1) is 0 Å². The topological polar surface area (TPSA) is 59.5 Å². The summed E-state index contributed by atoms with van der Waals surface area (Å²) in [7, 11) is -3.59. The van der Waals surface area contributed by atoms with Gasteiger partial charge in [0.1, 0.15) is 17.7 Å². The van der Waals surface area contributed by atoms with Crippen LogP contribution in [0.5, 0.6) is 5.75 Å². The van der Waals surface area contributed by atoms with Gasteiger partial charge in [0.2, 0.25) is 10.0 Å². The molecule has 0 N–H and O–H groups in total. The summed E-state index contributed by atoms with van der Waals surface area (Å²) in [6, 6.07) is 16.6. The second-order valence-corrected chi connectivity index (χ2v) is 9.99. The fraction of sp³-hybridized carbons (Fsp3) is 0.292. The van der Waals surface area contributed by atoms with Crippen LogP contribution in [0, 0.1) is 5.82 Å². The SMILES string of the molecule is O=S(=O)(c1ccc(-c2ccc(F)cc2)cc1)N1C2CCC1CC(Oc1ccncc1)C2. The van der Waals surface area contributed by atoms with E-state index in [2.05, 4.69) is 4.98 Å². The number of hydrogen-bond acceptors (Lipinski definition) is 4. The maximum atomic E-state index is 13.4. The van der Waals surface area contributed by atoms with E-state index in [0.29, 0.717) is 17.7 Å². The van der Waals surface area contributed by atoms with Crippen molar-refractivity contribution in [2.75, 3.05) is 0 Å². The molecule has 2 atom stereocenters. The van der Waals surface area contributed by atoms with E-state index in [9.17, 15) is 12.8 Å². The standard InChI is InChI=1S/C24H23FN2O3S/c25-19-5-1-17(2-6-19)18-3-9-24(10-4-18)31(28,29)27-20-7-8-21(27)16-23(15-20)30-22-11-13-26-14-12-22/h1-6,9-14,20-21,23H,7-8,15-16H2. The molecule has 2 unspecified atom stereocenters. The number of halogens is 1. The Morgan fingerprint density at radius 2 is 1.39 bits per heavy atom. The number of rotatable bonds is 5. The van der Waals surface area contributed by atoms with Crippen LogP contribution in [0.4, 0.5) is 4.39 Å². The molecule has 0 amide bonds. The average molecular weight is 439 g/mol. The second-order valence-electron chi connectivity index (χ2n) is 8.15. The van der Waals surface area contributed by atoms with Crippen LogP contribution in [0.1, 0.15) is 25.7 Å². The molecule has 3 heterocycles. The second kappa shape index (κ2) is 8.05. The van der Waals surface area contributed by atoms with Crippen LogP contribution in [0.3, 0.4) is 0 Å². The van der Waals surface area contributed by atoms with E-state index in [1.54, 1.807) is 53.1 Å². The van der Waals surface area contributed by atoms with Gasteiger partial charge in [-0.1, -0.05) is 24.3 Å². The molecular formula is C24H23FN2O3S. The number of ether oxygens (including phenoxy) is 1. The van der Waals surface area contributed by atoms with E-state index < -0.39 is 10.0 Å². The van der Waals surface area contributed by atoms with Crippen LogP contribution in [0.25, 0.3) is 11.1 Å². The summed E-state index contributed by atoms with van der Waals surface area (Å²) < 4.78 is 47.8. The van der Waals surface area contributed by atoms with Crippen molar-refractivity contribution in [1.29, 1.82) is 0 Å². The van der Waals surface area contributed by atoms with E-state index in [4.69, 9.17) is 4.74 Å². The van der Waals surface area contributed by atoms with Crippen LogP contribution < -0.4 is 4.74 Å². The third kappa shape index (κ3) is 3.95. The zero-order valence-electron chi connectivity index (χ0n) is 16.9. The molecule has 5 nitrogen and oxygen atoms in total. The highest BCUT2D eigenvalue weighted by molar-refractivity contribution is 7.89. The highest BCUT2D eigenvalue weighted by Crippen LogP contribution is 2.41. The van der Waals surface area contributed by atoms with Crippen molar-refractivity contribution >= 4 is 10.0 Å². The lowest BCUT2D eigenvalue weighted by Gasteiger charge is -2.37. The van der Waals surface area contributed by atoms with Gasteiger partial charge in [-0.25, -0.2) is 12.8 Å². The van der Waals surface area contributed by atoms with Gasteiger partial charge in [0.25, 0.3) is 0 Å². The number of piperidine rings is 1. The van der Waals surface area contributed by atoms with Gasteiger partial charge >= 0.3 is 0 Å². The zero-order chi connectivity index (χ0) is 21.4. The molecule has 0 spiro atoms. The fourth-order valence-corrected chi connectivity index (χ4v) is 6.66. The van der Waals surface area contributed by atoms with E-state index in [-0.39, 0.29) is 24.0 Å². The summed E-state index contributed by atoms with van der Waals surface area (Å²) in [5.41, 5.74) is 1.70. The first-order valence-corrected chi connectivity index (χ1v) is 11.9. The molecule has 2 bridgehead atoms. The third-order valence-corrected chi connectivity index (χ3v) is 8.20. The number of pyridine rings is 1. The Bertz CT molecular complexity index is 1140. The maximum Gasteiger partial charge on any atom is 0.243 e. The number of nitrogens with zero attached hydrogens (tertiary/aromatic N) is 2. The molecular weight excluding hydrogens is 415 g/mol. The normalized spacial score (nSPS) is 23.6. The molecule has 0 radical (unpaired) electrons. The molecule has 2 aliphatic rings. The van der Waals surface area contributed by atoms with Gasteiger partial charge < -0.3 is 4.74 Å². The first-order valence-electron chi connectivity index (χ1n) is 10.5. The zero-order valence-corrected chi connectivity index (χ0v) is 17.7. The van der Waals surface area contributed by atoms with E-state index in [0.717, 1.165) is 29.7 Å². The van der Waals surface area contributed by atoms with Crippen LogP contribution in [-0.2, 0) is 10.0 Å². The van der Waals surface area contributed by atoms with Crippen LogP contribution in [0.15, 0.2) is 78.0 Å². The van der Waals surface area contributed by atoms with Crippen molar-refractivity contribution in [2.24, 2.45) is 0 Å². The molecule has 5 rings (SSSR count). The van der Waals surface area contributed by atoms with Gasteiger partial charge in [0, 0.05) is 37.3 Å². The Kier molecular flexibility index (Phi) is 5.24. The van der Waals surface area contributed by atoms with E-state index in [1.165, 1.54) is 12.1 Å². The summed E-state index contributed by atoms with van der Waals surface area (Å²) >= 11 is 0. The predicted molar refractivity (Wildman–Crippen MR) is 116 cm³/mol. The molecule has 2 fully saturated rings. The van der Waals surface area contributed by atoms with Crippen LogP contribution in [-0.4, -0.2) is 35.9 Å². The van der Waals surface area contributed by atoms with Crippen LogP contribution in [0.2, 0.25) is 0 Å². The third-order valence-electron chi connectivity index (χ3n) is 6.18. The van der Waals surface area contributed by atoms with Crippen molar-refractivity contribution in [3.05, 3.63) is 78.9 Å². The molecule has 0 saturated carbocycles. The number of sulfonamides is 1. The number of aromatic nitrogens is 1. The van der Waals surface area contributed by atoms with Crippen molar-refractivity contribution in [3.63, 3.8) is 0 Å².